The zero-order valence-electron chi connectivity index (χ0n) is 11.4. The fourth-order valence-electron chi connectivity index (χ4n) is 2.07. The third-order valence-corrected chi connectivity index (χ3v) is 3.44. The molecule has 0 aliphatic heterocycles. The zero-order chi connectivity index (χ0) is 14.4. The molecule has 0 fully saturated rings. The van der Waals surface area contributed by atoms with Gasteiger partial charge in [-0.1, -0.05) is 34.1 Å². The van der Waals surface area contributed by atoms with Crippen LogP contribution in [0, 0.1) is 0 Å². The Labute approximate surface area is 126 Å². The van der Waals surface area contributed by atoms with Gasteiger partial charge in [-0.3, -0.25) is 9.78 Å². The second-order valence-electron chi connectivity index (χ2n) is 4.35. The quantitative estimate of drug-likeness (QED) is 0.761. The van der Waals surface area contributed by atoms with Crippen LogP contribution < -0.4 is 0 Å². The van der Waals surface area contributed by atoms with E-state index in [1.54, 1.807) is 24.3 Å². The Morgan fingerprint density at radius 3 is 2.85 bits per heavy atom. The van der Waals surface area contributed by atoms with Crippen LogP contribution in [0.3, 0.4) is 0 Å². The lowest BCUT2D eigenvalue weighted by Crippen LogP contribution is -2.35. The number of hydrogen-bond donors (Lipinski definition) is 0. The number of methoxy groups -OCH3 is 1. The van der Waals surface area contributed by atoms with Gasteiger partial charge in [-0.25, -0.2) is 0 Å². The van der Waals surface area contributed by atoms with E-state index in [0.29, 0.717) is 25.3 Å². The normalized spacial score (nSPS) is 10.7. The van der Waals surface area contributed by atoms with Crippen LogP contribution in [0.4, 0.5) is 0 Å². The molecule has 20 heavy (non-hydrogen) atoms. The summed E-state index contributed by atoms with van der Waals surface area (Å²) in [5.41, 5.74) is 1.52. The highest BCUT2D eigenvalue weighted by molar-refractivity contribution is 9.09. The molecule has 1 amide bonds. The molecule has 1 heterocycles. The number of carbonyl (C=O) groups excluding carboxylic acids is 1. The first kappa shape index (κ1) is 14.9. The van der Waals surface area contributed by atoms with E-state index in [1.807, 2.05) is 24.3 Å². The monoisotopic (exact) mass is 336 g/mol. The Morgan fingerprint density at radius 1 is 1.30 bits per heavy atom. The van der Waals surface area contributed by atoms with E-state index in [4.69, 9.17) is 4.74 Å². The van der Waals surface area contributed by atoms with Crippen LogP contribution in [0.1, 0.15) is 10.4 Å². The first-order valence-corrected chi connectivity index (χ1v) is 7.58. The van der Waals surface area contributed by atoms with Crippen molar-refractivity contribution in [2.45, 2.75) is 0 Å². The fourth-order valence-corrected chi connectivity index (χ4v) is 2.50. The molecule has 2 aromatic rings. The predicted octanol–water partition coefficient (Wildman–Crippen LogP) is 2.72. The molecule has 1 aromatic heterocycles. The highest BCUT2D eigenvalue weighted by Gasteiger charge is 2.17. The summed E-state index contributed by atoms with van der Waals surface area (Å²) in [6.07, 6.45) is 1.68. The number of nitrogens with zero attached hydrogens (tertiary/aromatic N) is 2. The van der Waals surface area contributed by atoms with Crippen molar-refractivity contribution in [1.29, 1.82) is 0 Å². The highest BCUT2D eigenvalue weighted by Crippen LogP contribution is 2.18. The summed E-state index contributed by atoms with van der Waals surface area (Å²) in [6.45, 7) is 1.76. The van der Waals surface area contributed by atoms with Crippen LogP contribution in [-0.2, 0) is 4.74 Å². The van der Waals surface area contributed by atoms with E-state index in [9.17, 15) is 4.79 Å². The van der Waals surface area contributed by atoms with Crippen molar-refractivity contribution in [3.05, 3.63) is 42.1 Å². The topological polar surface area (TPSA) is 42.4 Å². The van der Waals surface area contributed by atoms with Crippen molar-refractivity contribution in [2.24, 2.45) is 0 Å². The van der Waals surface area contributed by atoms with Gasteiger partial charge in [-0.2, -0.15) is 0 Å². The number of halogens is 1. The van der Waals surface area contributed by atoms with E-state index in [2.05, 4.69) is 20.9 Å². The summed E-state index contributed by atoms with van der Waals surface area (Å²) in [7, 11) is 1.64. The van der Waals surface area contributed by atoms with Crippen molar-refractivity contribution in [3.63, 3.8) is 0 Å². The van der Waals surface area contributed by atoms with E-state index >= 15 is 0 Å². The van der Waals surface area contributed by atoms with E-state index in [1.165, 1.54) is 0 Å². The average Bonchev–Trinajstić information content (AvgIpc) is 2.50. The van der Waals surface area contributed by atoms with Gasteiger partial charge in [0.15, 0.2) is 0 Å². The van der Waals surface area contributed by atoms with E-state index in [0.717, 1.165) is 16.2 Å². The lowest BCUT2D eigenvalue weighted by molar-refractivity contribution is 0.0711. The minimum absolute atomic E-state index is 0.0140. The molecule has 0 saturated heterocycles. The van der Waals surface area contributed by atoms with Gasteiger partial charge in [-0.05, 0) is 12.1 Å². The number of aromatic nitrogens is 1. The van der Waals surface area contributed by atoms with Crippen LogP contribution in [-0.4, -0.2) is 47.9 Å². The lowest BCUT2D eigenvalue weighted by atomic mass is 10.1. The van der Waals surface area contributed by atoms with Gasteiger partial charge >= 0.3 is 0 Å². The van der Waals surface area contributed by atoms with E-state index < -0.39 is 0 Å². The average molecular weight is 337 g/mol. The summed E-state index contributed by atoms with van der Waals surface area (Å²) < 4.78 is 5.07. The van der Waals surface area contributed by atoms with Crippen LogP contribution >= 0.6 is 15.9 Å². The highest BCUT2D eigenvalue weighted by atomic mass is 79.9. The number of alkyl halides is 1. The Kier molecular flexibility index (Phi) is 5.49. The number of hydrogen-bond acceptors (Lipinski definition) is 3. The molecule has 4 nitrogen and oxygen atoms in total. The third kappa shape index (κ3) is 3.35. The Hall–Kier alpha value is -1.46. The number of benzene rings is 1. The number of pyridine rings is 1. The largest absolute Gasteiger partial charge is 0.383 e. The lowest BCUT2D eigenvalue weighted by Gasteiger charge is -2.22. The number of para-hydroxylation sites is 1. The third-order valence-electron chi connectivity index (χ3n) is 3.09. The molecule has 0 spiro atoms. The van der Waals surface area contributed by atoms with Gasteiger partial charge in [0.1, 0.15) is 0 Å². The standard InChI is InChI=1S/C15H17BrN2O2/c1-20-11-10-18(9-7-16)15(19)13-6-8-17-14-5-3-2-4-12(13)14/h2-6,8H,7,9-11H2,1H3. The molecule has 2 rings (SSSR count). The Bertz CT molecular complexity index is 584. The summed E-state index contributed by atoms with van der Waals surface area (Å²) in [5, 5.41) is 1.63. The summed E-state index contributed by atoms with van der Waals surface area (Å²) >= 11 is 3.39. The maximum atomic E-state index is 12.7. The molecular weight excluding hydrogens is 320 g/mol. The second kappa shape index (κ2) is 7.36. The van der Waals surface area contributed by atoms with Crippen molar-refractivity contribution >= 4 is 32.7 Å². The molecule has 106 valence electrons. The number of carbonyl (C=O) groups is 1. The van der Waals surface area contributed by atoms with Crippen LogP contribution in [0.5, 0.6) is 0 Å². The van der Waals surface area contributed by atoms with Crippen molar-refractivity contribution in [3.8, 4) is 0 Å². The number of amides is 1. The summed E-state index contributed by atoms with van der Waals surface area (Å²) in [5.74, 6) is 0.0140. The van der Waals surface area contributed by atoms with Crippen molar-refractivity contribution < 1.29 is 9.53 Å². The van der Waals surface area contributed by atoms with Gasteiger partial charge in [0, 0.05) is 37.1 Å². The van der Waals surface area contributed by atoms with E-state index in [-0.39, 0.29) is 5.91 Å². The molecule has 0 unspecified atom stereocenters. The van der Waals surface area contributed by atoms with Gasteiger partial charge in [0.2, 0.25) is 0 Å². The SMILES string of the molecule is COCCN(CCBr)C(=O)c1ccnc2ccccc12. The smallest absolute Gasteiger partial charge is 0.254 e. The van der Waals surface area contributed by atoms with Crippen LogP contribution in [0.25, 0.3) is 10.9 Å². The number of rotatable bonds is 6. The molecular formula is C15H17BrN2O2. The molecule has 0 N–H and O–H groups in total. The summed E-state index contributed by atoms with van der Waals surface area (Å²) in [4.78, 5) is 18.8. The van der Waals surface area contributed by atoms with Gasteiger partial charge < -0.3 is 9.64 Å². The molecule has 0 saturated carbocycles. The van der Waals surface area contributed by atoms with Crippen molar-refractivity contribution in [2.75, 3.05) is 32.1 Å². The molecule has 0 radical (unpaired) electrons. The van der Waals surface area contributed by atoms with Gasteiger partial charge in [-0.15, -0.1) is 0 Å². The molecule has 0 bridgehead atoms. The predicted molar refractivity (Wildman–Crippen MR) is 83.3 cm³/mol. The minimum Gasteiger partial charge on any atom is -0.383 e. The number of ether oxygens (including phenoxy) is 1. The molecule has 0 aliphatic carbocycles. The van der Waals surface area contributed by atoms with Gasteiger partial charge in [0.25, 0.3) is 5.91 Å². The molecule has 5 heteroatoms. The zero-order valence-corrected chi connectivity index (χ0v) is 13.0. The Morgan fingerprint density at radius 2 is 2.10 bits per heavy atom. The second-order valence-corrected chi connectivity index (χ2v) is 5.14. The first-order valence-electron chi connectivity index (χ1n) is 6.46. The minimum atomic E-state index is 0.0140. The first-order chi connectivity index (χ1) is 9.77. The maximum absolute atomic E-state index is 12.7. The maximum Gasteiger partial charge on any atom is 0.254 e. The summed E-state index contributed by atoms with van der Waals surface area (Å²) in [6, 6.07) is 9.46. The van der Waals surface area contributed by atoms with Crippen LogP contribution in [0.15, 0.2) is 36.5 Å². The fraction of sp³-hybridized carbons (Fsp3) is 0.333. The molecule has 1 aromatic carbocycles. The number of fused-ring (bicyclic) bond motifs is 1. The van der Waals surface area contributed by atoms with Crippen molar-refractivity contribution in [1.82, 2.24) is 9.88 Å². The Balaban J connectivity index is 2.33. The van der Waals surface area contributed by atoms with Gasteiger partial charge in [0.05, 0.1) is 17.7 Å². The molecule has 0 aliphatic rings. The molecule has 0 atom stereocenters. The van der Waals surface area contributed by atoms with Crippen LogP contribution in [0.2, 0.25) is 0 Å².